The first-order valence-corrected chi connectivity index (χ1v) is 9.97. The minimum atomic E-state index is -0.836. The SMILES string of the molecule is Cc1ccccc1C(C)NC(=O)C1(NC(=O)NCc2ccccc2)CCCC1. The van der Waals surface area contributed by atoms with Gasteiger partial charge < -0.3 is 16.0 Å². The molecule has 0 bridgehead atoms. The molecule has 3 N–H and O–H groups in total. The Labute approximate surface area is 166 Å². The van der Waals surface area contributed by atoms with E-state index in [1.165, 1.54) is 0 Å². The van der Waals surface area contributed by atoms with E-state index in [0.29, 0.717) is 19.4 Å². The molecular formula is C23H29N3O2. The van der Waals surface area contributed by atoms with Crippen LogP contribution in [0.5, 0.6) is 0 Å². The van der Waals surface area contributed by atoms with E-state index >= 15 is 0 Å². The Morgan fingerprint density at radius 1 is 1.00 bits per heavy atom. The van der Waals surface area contributed by atoms with Crippen molar-refractivity contribution in [3.8, 4) is 0 Å². The zero-order chi connectivity index (χ0) is 20.0. The van der Waals surface area contributed by atoms with E-state index in [-0.39, 0.29) is 18.0 Å². The number of aryl methyl sites for hydroxylation is 1. The van der Waals surface area contributed by atoms with Crippen LogP contribution in [0.15, 0.2) is 54.6 Å². The van der Waals surface area contributed by atoms with E-state index in [0.717, 1.165) is 29.5 Å². The number of hydrogen-bond donors (Lipinski definition) is 3. The van der Waals surface area contributed by atoms with Gasteiger partial charge in [-0.05, 0) is 43.4 Å². The number of urea groups is 1. The third-order valence-electron chi connectivity index (χ3n) is 5.54. The highest BCUT2D eigenvalue weighted by molar-refractivity contribution is 5.91. The number of nitrogens with one attached hydrogen (secondary N) is 3. The molecule has 5 heteroatoms. The number of hydrogen-bond acceptors (Lipinski definition) is 2. The first kappa shape index (κ1) is 19.9. The second kappa shape index (κ2) is 8.91. The number of rotatable bonds is 6. The molecule has 0 spiro atoms. The summed E-state index contributed by atoms with van der Waals surface area (Å²) in [5.74, 6) is -0.101. The van der Waals surface area contributed by atoms with Gasteiger partial charge in [0, 0.05) is 6.54 Å². The van der Waals surface area contributed by atoms with Crippen LogP contribution in [-0.4, -0.2) is 17.5 Å². The highest BCUT2D eigenvalue weighted by Gasteiger charge is 2.42. The summed E-state index contributed by atoms with van der Waals surface area (Å²) in [5.41, 5.74) is 2.43. The topological polar surface area (TPSA) is 70.2 Å². The summed E-state index contributed by atoms with van der Waals surface area (Å²) in [6.45, 7) is 4.46. The summed E-state index contributed by atoms with van der Waals surface area (Å²) in [6, 6.07) is 17.4. The molecule has 5 nitrogen and oxygen atoms in total. The van der Waals surface area contributed by atoms with Gasteiger partial charge in [-0.25, -0.2) is 4.79 Å². The van der Waals surface area contributed by atoms with Crippen molar-refractivity contribution in [3.63, 3.8) is 0 Å². The first-order valence-electron chi connectivity index (χ1n) is 9.97. The Morgan fingerprint density at radius 3 is 2.32 bits per heavy atom. The lowest BCUT2D eigenvalue weighted by Crippen LogP contribution is -2.59. The predicted octanol–water partition coefficient (Wildman–Crippen LogP) is 3.98. The molecule has 0 heterocycles. The summed E-state index contributed by atoms with van der Waals surface area (Å²) in [5, 5.41) is 8.96. The van der Waals surface area contributed by atoms with Crippen molar-refractivity contribution in [1.29, 1.82) is 0 Å². The molecule has 1 atom stereocenters. The first-order chi connectivity index (χ1) is 13.5. The molecule has 0 aliphatic heterocycles. The molecule has 28 heavy (non-hydrogen) atoms. The van der Waals surface area contributed by atoms with Gasteiger partial charge in [0.15, 0.2) is 0 Å². The molecule has 3 amide bonds. The number of amides is 3. The molecule has 2 aromatic rings. The molecule has 2 aromatic carbocycles. The van der Waals surface area contributed by atoms with Crippen molar-refractivity contribution < 1.29 is 9.59 Å². The van der Waals surface area contributed by atoms with E-state index in [1.54, 1.807) is 0 Å². The predicted molar refractivity (Wildman–Crippen MR) is 111 cm³/mol. The maximum atomic E-state index is 13.1. The molecule has 148 valence electrons. The van der Waals surface area contributed by atoms with Gasteiger partial charge in [-0.1, -0.05) is 67.4 Å². The van der Waals surface area contributed by atoms with Crippen LogP contribution >= 0.6 is 0 Å². The average molecular weight is 380 g/mol. The number of carbonyl (C=O) groups is 2. The van der Waals surface area contributed by atoms with Crippen molar-refractivity contribution in [2.24, 2.45) is 0 Å². The molecule has 1 unspecified atom stereocenters. The Kier molecular flexibility index (Phi) is 6.34. The van der Waals surface area contributed by atoms with Crippen LogP contribution in [0.4, 0.5) is 4.79 Å². The van der Waals surface area contributed by atoms with Crippen LogP contribution in [-0.2, 0) is 11.3 Å². The smallest absolute Gasteiger partial charge is 0.315 e. The average Bonchev–Trinajstić information content (AvgIpc) is 3.17. The monoisotopic (exact) mass is 379 g/mol. The Bertz CT molecular complexity index is 814. The third kappa shape index (κ3) is 4.71. The van der Waals surface area contributed by atoms with E-state index < -0.39 is 5.54 Å². The second-order valence-electron chi connectivity index (χ2n) is 7.63. The Hall–Kier alpha value is -2.82. The molecule has 1 aliphatic rings. The standard InChI is InChI=1S/C23H29N3O2/c1-17-10-6-7-13-20(17)18(2)25-21(27)23(14-8-9-15-23)26-22(28)24-16-19-11-4-3-5-12-19/h3-7,10-13,18H,8-9,14-16H2,1-2H3,(H,25,27)(H2,24,26,28). The van der Waals surface area contributed by atoms with Crippen LogP contribution < -0.4 is 16.0 Å². The van der Waals surface area contributed by atoms with Crippen molar-refractivity contribution in [1.82, 2.24) is 16.0 Å². The molecule has 0 saturated heterocycles. The van der Waals surface area contributed by atoms with E-state index in [2.05, 4.69) is 16.0 Å². The van der Waals surface area contributed by atoms with Crippen LogP contribution in [0.25, 0.3) is 0 Å². The van der Waals surface area contributed by atoms with Gasteiger partial charge in [-0.3, -0.25) is 4.79 Å². The third-order valence-corrected chi connectivity index (χ3v) is 5.54. The number of benzene rings is 2. The minimum absolute atomic E-state index is 0.101. The van der Waals surface area contributed by atoms with Crippen LogP contribution in [0.3, 0.4) is 0 Å². The molecule has 1 aliphatic carbocycles. The summed E-state index contributed by atoms with van der Waals surface area (Å²) in [6.07, 6.45) is 3.20. The summed E-state index contributed by atoms with van der Waals surface area (Å²) < 4.78 is 0. The van der Waals surface area contributed by atoms with Gasteiger partial charge in [0.25, 0.3) is 0 Å². The van der Waals surface area contributed by atoms with Crippen molar-refractivity contribution in [3.05, 3.63) is 71.3 Å². The highest BCUT2D eigenvalue weighted by Crippen LogP contribution is 2.31. The van der Waals surface area contributed by atoms with E-state index in [9.17, 15) is 9.59 Å². The minimum Gasteiger partial charge on any atom is -0.348 e. The lowest BCUT2D eigenvalue weighted by atomic mass is 9.94. The van der Waals surface area contributed by atoms with Gasteiger partial charge in [-0.2, -0.15) is 0 Å². The van der Waals surface area contributed by atoms with Crippen molar-refractivity contribution in [2.75, 3.05) is 0 Å². The molecule has 1 fully saturated rings. The fourth-order valence-corrected chi connectivity index (χ4v) is 3.91. The fraction of sp³-hybridized carbons (Fsp3) is 0.391. The molecular weight excluding hydrogens is 350 g/mol. The van der Waals surface area contributed by atoms with Gasteiger partial charge >= 0.3 is 6.03 Å². The normalized spacial score (nSPS) is 16.2. The van der Waals surface area contributed by atoms with Crippen molar-refractivity contribution >= 4 is 11.9 Å². The van der Waals surface area contributed by atoms with Gasteiger partial charge in [0.1, 0.15) is 5.54 Å². The van der Waals surface area contributed by atoms with Crippen LogP contribution in [0, 0.1) is 6.92 Å². The molecule has 0 aromatic heterocycles. The van der Waals surface area contributed by atoms with Crippen LogP contribution in [0.2, 0.25) is 0 Å². The molecule has 3 rings (SSSR count). The highest BCUT2D eigenvalue weighted by atomic mass is 16.2. The Morgan fingerprint density at radius 2 is 1.64 bits per heavy atom. The largest absolute Gasteiger partial charge is 0.348 e. The van der Waals surface area contributed by atoms with Gasteiger partial charge in [-0.15, -0.1) is 0 Å². The second-order valence-corrected chi connectivity index (χ2v) is 7.63. The lowest BCUT2D eigenvalue weighted by molar-refractivity contribution is -0.127. The summed E-state index contributed by atoms with van der Waals surface area (Å²) in [4.78, 5) is 25.6. The quantitative estimate of drug-likeness (QED) is 0.710. The Balaban J connectivity index is 1.63. The van der Waals surface area contributed by atoms with Gasteiger partial charge in [0.2, 0.25) is 5.91 Å². The maximum Gasteiger partial charge on any atom is 0.315 e. The lowest BCUT2D eigenvalue weighted by Gasteiger charge is -2.31. The van der Waals surface area contributed by atoms with E-state index in [1.807, 2.05) is 68.4 Å². The zero-order valence-corrected chi connectivity index (χ0v) is 16.6. The van der Waals surface area contributed by atoms with E-state index in [4.69, 9.17) is 0 Å². The van der Waals surface area contributed by atoms with Gasteiger partial charge in [0.05, 0.1) is 6.04 Å². The zero-order valence-electron chi connectivity index (χ0n) is 16.6. The molecule has 1 saturated carbocycles. The number of carbonyl (C=O) groups excluding carboxylic acids is 2. The maximum absolute atomic E-state index is 13.1. The van der Waals surface area contributed by atoms with Crippen molar-refractivity contribution in [2.45, 2.75) is 57.7 Å². The fourth-order valence-electron chi connectivity index (χ4n) is 3.91. The van der Waals surface area contributed by atoms with Crippen LogP contribution in [0.1, 0.15) is 55.3 Å². The summed E-state index contributed by atoms with van der Waals surface area (Å²) in [7, 11) is 0. The molecule has 0 radical (unpaired) electrons. The summed E-state index contributed by atoms with van der Waals surface area (Å²) >= 11 is 0.